The number of carbonyl (C=O) groups excluding carboxylic acids is 1. The number of carbonyl (C=O) groups is 1. The Kier molecular flexibility index (Phi) is 6.23. The fourth-order valence-electron chi connectivity index (χ4n) is 4.31. The first-order chi connectivity index (χ1) is 14.5. The van der Waals surface area contributed by atoms with Gasteiger partial charge in [-0.05, 0) is 24.5 Å². The molecule has 1 aliphatic rings. The summed E-state index contributed by atoms with van der Waals surface area (Å²) in [4.78, 5) is 13.0. The van der Waals surface area contributed by atoms with Crippen molar-refractivity contribution in [2.24, 2.45) is 0 Å². The largest absolute Gasteiger partial charge is 0.352 e. The van der Waals surface area contributed by atoms with E-state index in [1.165, 1.54) is 12.8 Å². The van der Waals surface area contributed by atoms with Crippen LogP contribution >= 0.6 is 0 Å². The van der Waals surface area contributed by atoms with Gasteiger partial charge in [-0.3, -0.25) is 4.79 Å². The number of para-hydroxylation sites is 1. The minimum Gasteiger partial charge on any atom is -0.352 e. The average Bonchev–Trinajstić information content (AvgIpc) is 2.91. The van der Waals surface area contributed by atoms with Crippen LogP contribution in [-0.4, -0.2) is 24.9 Å². The standard InChI is InChI=1S/C24H28N2O3S/c27-24(25-20-12-6-1-2-7-13-20)17-26-16-23(21-14-8-9-15-22(21)26)30(28,29)18-19-10-4-3-5-11-19/h3-5,8-11,14-16,20H,1-2,6-7,12-13,17-18H2,(H,25,27). The maximum Gasteiger partial charge on any atom is 0.240 e. The number of aromatic nitrogens is 1. The Bertz CT molecular complexity index is 1110. The monoisotopic (exact) mass is 424 g/mol. The molecule has 1 aromatic heterocycles. The molecule has 158 valence electrons. The van der Waals surface area contributed by atoms with Crippen molar-refractivity contribution in [3.05, 3.63) is 66.4 Å². The Morgan fingerprint density at radius 2 is 1.60 bits per heavy atom. The van der Waals surface area contributed by atoms with E-state index in [0.717, 1.165) is 36.8 Å². The topological polar surface area (TPSA) is 68.2 Å². The molecule has 2 aromatic carbocycles. The van der Waals surface area contributed by atoms with Crippen molar-refractivity contribution < 1.29 is 13.2 Å². The van der Waals surface area contributed by atoms with Crippen molar-refractivity contribution >= 4 is 26.6 Å². The van der Waals surface area contributed by atoms with Crippen LogP contribution < -0.4 is 5.32 Å². The molecule has 1 fully saturated rings. The first-order valence-electron chi connectivity index (χ1n) is 10.7. The van der Waals surface area contributed by atoms with E-state index >= 15 is 0 Å². The van der Waals surface area contributed by atoms with Crippen molar-refractivity contribution in [2.75, 3.05) is 0 Å². The van der Waals surface area contributed by atoms with Gasteiger partial charge in [0.15, 0.2) is 9.84 Å². The lowest BCUT2D eigenvalue weighted by Crippen LogP contribution is -2.36. The second kappa shape index (κ2) is 9.04. The lowest BCUT2D eigenvalue weighted by Gasteiger charge is -2.16. The molecule has 5 nitrogen and oxygen atoms in total. The molecule has 0 aliphatic heterocycles. The predicted octanol–water partition coefficient (Wildman–Crippen LogP) is 4.45. The highest BCUT2D eigenvalue weighted by Crippen LogP contribution is 2.28. The summed E-state index contributed by atoms with van der Waals surface area (Å²) in [6.45, 7) is 0.123. The number of benzene rings is 2. The van der Waals surface area contributed by atoms with Crippen LogP contribution in [0.25, 0.3) is 10.9 Å². The molecule has 6 heteroatoms. The zero-order valence-electron chi connectivity index (χ0n) is 17.1. The van der Waals surface area contributed by atoms with Crippen molar-refractivity contribution in [1.82, 2.24) is 9.88 Å². The highest BCUT2D eigenvalue weighted by atomic mass is 32.2. The Labute approximate surface area is 178 Å². The van der Waals surface area contributed by atoms with Gasteiger partial charge < -0.3 is 9.88 Å². The fourth-order valence-corrected chi connectivity index (χ4v) is 5.90. The number of fused-ring (bicyclic) bond motifs is 1. The highest BCUT2D eigenvalue weighted by molar-refractivity contribution is 7.90. The van der Waals surface area contributed by atoms with Crippen LogP contribution in [-0.2, 0) is 26.9 Å². The molecule has 1 N–H and O–H groups in total. The quantitative estimate of drug-likeness (QED) is 0.594. The van der Waals surface area contributed by atoms with Gasteiger partial charge in [-0.25, -0.2) is 8.42 Å². The van der Waals surface area contributed by atoms with Crippen molar-refractivity contribution in [3.8, 4) is 0 Å². The number of nitrogens with zero attached hydrogens (tertiary/aromatic N) is 1. The first kappa shape index (κ1) is 20.7. The van der Waals surface area contributed by atoms with Crippen molar-refractivity contribution in [3.63, 3.8) is 0 Å². The molecule has 3 aromatic rings. The molecule has 1 heterocycles. The molecule has 0 bridgehead atoms. The van der Waals surface area contributed by atoms with E-state index in [4.69, 9.17) is 0 Å². The van der Waals surface area contributed by atoms with Crippen molar-refractivity contribution in [2.45, 2.75) is 61.8 Å². The SMILES string of the molecule is O=C(Cn1cc(S(=O)(=O)Cc2ccccc2)c2ccccc21)NC1CCCCCC1. The van der Waals surface area contributed by atoms with E-state index in [2.05, 4.69) is 5.32 Å². The van der Waals surface area contributed by atoms with Gasteiger partial charge in [0.25, 0.3) is 0 Å². The zero-order chi connectivity index (χ0) is 21.0. The van der Waals surface area contributed by atoms with Crippen LogP contribution in [0, 0.1) is 0 Å². The number of rotatable bonds is 6. The molecule has 0 saturated heterocycles. The van der Waals surface area contributed by atoms with Gasteiger partial charge >= 0.3 is 0 Å². The van der Waals surface area contributed by atoms with E-state index in [0.29, 0.717) is 5.39 Å². The van der Waals surface area contributed by atoms with Crippen LogP contribution in [0.2, 0.25) is 0 Å². The fraction of sp³-hybridized carbons (Fsp3) is 0.375. The van der Waals surface area contributed by atoms with E-state index in [-0.39, 0.29) is 29.1 Å². The van der Waals surface area contributed by atoms with E-state index in [1.54, 1.807) is 10.8 Å². The Morgan fingerprint density at radius 3 is 2.33 bits per heavy atom. The molecule has 0 spiro atoms. The zero-order valence-corrected chi connectivity index (χ0v) is 17.9. The summed E-state index contributed by atoms with van der Waals surface area (Å²) >= 11 is 0. The normalized spacial score (nSPS) is 15.7. The second-order valence-corrected chi connectivity index (χ2v) is 10.1. The van der Waals surface area contributed by atoms with Crippen LogP contribution in [0.5, 0.6) is 0 Å². The van der Waals surface area contributed by atoms with Gasteiger partial charge in [-0.2, -0.15) is 0 Å². The van der Waals surface area contributed by atoms with Gasteiger partial charge in [0, 0.05) is 23.1 Å². The third-order valence-corrected chi connectivity index (χ3v) is 7.53. The summed E-state index contributed by atoms with van der Waals surface area (Å²) < 4.78 is 28.1. The number of amides is 1. The summed E-state index contributed by atoms with van der Waals surface area (Å²) in [6.07, 6.45) is 8.44. The third-order valence-electron chi connectivity index (χ3n) is 5.82. The number of nitrogens with one attached hydrogen (secondary N) is 1. The molecule has 1 aliphatic carbocycles. The van der Waals surface area contributed by atoms with Crippen LogP contribution in [0.15, 0.2) is 65.7 Å². The summed E-state index contributed by atoms with van der Waals surface area (Å²) in [5.74, 6) is -0.120. The highest BCUT2D eigenvalue weighted by Gasteiger charge is 2.23. The number of sulfone groups is 1. The molecule has 0 radical (unpaired) electrons. The smallest absolute Gasteiger partial charge is 0.240 e. The Balaban J connectivity index is 1.58. The average molecular weight is 425 g/mol. The molecule has 0 atom stereocenters. The predicted molar refractivity (Wildman–Crippen MR) is 119 cm³/mol. The molecular formula is C24H28N2O3S. The van der Waals surface area contributed by atoms with Crippen LogP contribution in [0.4, 0.5) is 0 Å². The lowest BCUT2D eigenvalue weighted by molar-refractivity contribution is -0.122. The molecule has 1 saturated carbocycles. The third kappa shape index (κ3) is 4.75. The number of hydrogen-bond acceptors (Lipinski definition) is 3. The van der Waals surface area contributed by atoms with Gasteiger partial charge in [0.1, 0.15) is 6.54 Å². The molecular weight excluding hydrogens is 396 g/mol. The van der Waals surface area contributed by atoms with Crippen molar-refractivity contribution in [1.29, 1.82) is 0 Å². The number of hydrogen-bond donors (Lipinski definition) is 1. The second-order valence-electron chi connectivity index (χ2n) is 8.14. The van der Waals surface area contributed by atoms with Gasteiger partial charge in [-0.15, -0.1) is 0 Å². The first-order valence-corrected chi connectivity index (χ1v) is 12.3. The van der Waals surface area contributed by atoms with E-state index in [1.807, 2.05) is 54.6 Å². The molecule has 4 rings (SSSR count). The van der Waals surface area contributed by atoms with Gasteiger partial charge in [-0.1, -0.05) is 74.2 Å². The Hall–Kier alpha value is -2.60. The minimum atomic E-state index is -3.54. The Morgan fingerprint density at radius 1 is 0.933 bits per heavy atom. The summed E-state index contributed by atoms with van der Waals surface area (Å²) in [6, 6.07) is 16.8. The van der Waals surface area contributed by atoms with Crippen LogP contribution in [0.1, 0.15) is 44.1 Å². The summed E-state index contributed by atoms with van der Waals surface area (Å²) in [5, 5.41) is 3.81. The van der Waals surface area contributed by atoms with Crippen LogP contribution in [0.3, 0.4) is 0 Å². The molecule has 0 unspecified atom stereocenters. The maximum atomic E-state index is 13.2. The summed E-state index contributed by atoms with van der Waals surface area (Å²) in [7, 11) is -3.54. The minimum absolute atomic E-state index is 0.0594. The lowest BCUT2D eigenvalue weighted by atomic mass is 10.1. The molecule has 1 amide bonds. The van der Waals surface area contributed by atoms with E-state index in [9.17, 15) is 13.2 Å². The van der Waals surface area contributed by atoms with Gasteiger partial charge in [0.05, 0.1) is 10.6 Å². The molecule has 30 heavy (non-hydrogen) atoms. The van der Waals surface area contributed by atoms with E-state index < -0.39 is 9.84 Å². The summed E-state index contributed by atoms with van der Waals surface area (Å²) in [5.41, 5.74) is 1.51. The van der Waals surface area contributed by atoms with Gasteiger partial charge in [0.2, 0.25) is 5.91 Å². The maximum absolute atomic E-state index is 13.2.